The zero-order valence-corrected chi connectivity index (χ0v) is 17.6. The van der Waals surface area contributed by atoms with Crippen molar-refractivity contribution in [3.8, 4) is 5.75 Å². The molecule has 4 rings (SSSR count). The van der Waals surface area contributed by atoms with Gasteiger partial charge in [0, 0.05) is 24.0 Å². The molecule has 6 heteroatoms. The lowest BCUT2D eigenvalue weighted by molar-refractivity contribution is -0.136. The molecule has 0 radical (unpaired) electrons. The van der Waals surface area contributed by atoms with Gasteiger partial charge in [-0.15, -0.1) is 0 Å². The molecule has 0 fully saturated rings. The highest BCUT2D eigenvalue weighted by Gasteiger charge is 2.42. The average molecular weight is 419 g/mol. The van der Waals surface area contributed by atoms with Gasteiger partial charge in [0.2, 0.25) is 5.88 Å². The first kappa shape index (κ1) is 20.7. The Bertz CT molecular complexity index is 1100. The van der Waals surface area contributed by atoms with E-state index in [1.165, 1.54) is 7.11 Å². The summed E-state index contributed by atoms with van der Waals surface area (Å²) in [5.74, 6) is -0.290. The van der Waals surface area contributed by atoms with Crippen LogP contribution in [0.5, 0.6) is 5.75 Å². The van der Waals surface area contributed by atoms with Crippen LogP contribution in [-0.2, 0) is 25.7 Å². The predicted molar refractivity (Wildman–Crippen MR) is 115 cm³/mol. The maximum absolute atomic E-state index is 12.9. The smallest absolute Gasteiger partial charge is 0.340 e. The van der Waals surface area contributed by atoms with Gasteiger partial charge in [-0.1, -0.05) is 48.0 Å². The molecule has 2 N–H and O–H groups in total. The molecular weight excluding hydrogens is 394 g/mol. The van der Waals surface area contributed by atoms with Gasteiger partial charge < -0.3 is 19.9 Å². The summed E-state index contributed by atoms with van der Waals surface area (Å²) in [4.78, 5) is 25.6. The average Bonchev–Trinajstić information content (AvgIpc) is 2.77. The van der Waals surface area contributed by atoms with Crippen LogP contribution < -0.4 is 10.5 Å². The zero-order chi connectivity index (χ0) is 22.0. The van der Waals surface area contributed by atoms with Crippen LogP contribution in [0.15, 0.2) is 71.3 Å². The van der Waals surface area contributed by atoms with Crippen molar-refractivity contribution in [2.24, 2.45) is 5.73 Å². The number of carbonyl (C=O) groups excluding carboxylic acids is 2. The van der Waals surface area contributed by atoms with Crippen molar-refractivity contribution in [1.29, 1.82) is 0 Å². The molecule has 0 aromatic heterocycles. The van der Waals surface area contributed by atoms with Crippen molar-refractivity contribution in [1.82, 2.24) is 0 Å². The van der Waals surface area contributed by atoms with Crippen LogP contribution in [0.3, 0.4) is 0 Å². The standard InChI is InChI=1S/C25H25NO5/c1-15-7-5-8-16(13-15)14-30-19-11-4-3-9-17(19)21-22-18(27)10-6-12-20(22)31-24(26)23(21)25(28)29-2/h3-5,7-9,11,13,21H,6,10,12,14,26H2,1-2H3/t21-/m1/s1. The maximum Gasteiger partial charge on any atom is 0.340 e. The van der Waals surface area contributed by atoms with E-state index < -0.39 is 11.9 Å². The second-order valence-electron chi connectivity index (χ2n) is 7.73. The van der Waals surface area contributed by atoms with Crippen LogP contribution in [-0.4, -0.2) is 18.9 Å². The Labute approximate surface area is 181 Å². The zero-order valence-electron chi connectivity index (χ0n) is 17.6. The van der Waals surface area contributed by atoms with Gasteiger partial charge in [-0.25, -0.2) is 4.79 Å². The highest BCUT2D eigenvalue weighted by atomic mass is 16.5. The molecule has 1 aliphatic heterocycles. The second-order valence-corrected chi connectivity index (χ2v) is 7.73. The number of hydrogen-bond donors (Lipinski definition) is 1. The monoisotopic (exact) mass is 419 g/mol. The molecule has 0 spiro atoms. The van der Waals surface area contributed by atoms with Crippen LogP contribution in [0.2, 0.25) is 0 Å². The number of ketones is 1. The minimum absolute atomic E-state index is 0.0289. The van der Waals surface area contributed by atoms with Gasteiger partial charge >= 0.3 is 5.97 Å². The fraction of sp³-hybridized carbons (Fsp3) is 0.280. The van der Waals surface area contributed by atoms with Crippen LogP contribution in [0.1, 0.15) is 41.9 Å². The molecule has 0 bridgehead atoms. The van der Waals surface area contributed by atoms with Crippen molar-refractivity contribution < 1.29 is 23.8 Å². The van der Waals surface area contributed by atoms with Crippen LogP contribution in [0.25, 0.3) is 0 Å². The Morgan fingerprint density at radius 2 is 1.97 bits per heavy atom. The van der Waals surface area contributed by atoms with Gasteiger partial charge in [0.05, 0.1) is 13.0 Å². The number of allylic oxidation sites excluding steroid dienone is 2. The molecule has 0 unspecified atom stereocenters. The minimum Gasteiger partial charge on any atom is -0.489 e. The third kappa shape index (κ3) is 4.06. The van der Waals surface area contributed by atoms with Crippen LogP contribution in [0, 0.1) is 6.92 Å². The van der Waals surface area contributed by atoms with E-state index in [-0.39, 0.29) is 17.2 Å². The predicted octanol–water partition coefficient (Wildman–Crippen LogP) is 4.04. The number of methoxy groups -OCH3 is 1. The first-order chi connectivity index (χ1) is 15.0. The molecule has 0 amide bonds. The van der Waals surface area contributed by atoms with E-state index in [0.29, 0.717) is 48.5 Å². The molecule has 31 heavy (non-hydrogen) atoms. The molecule has 6 nitrogen and oxygen atoms in total. The van der Waals surface area contributed by atoms with E-state index in [2.05, 4.69) is 6.07 Å². The van der Waals surface area contributed by atoms with Crippen molar-refractivity contribution >= 4 is 11.8 Å². The van der Waals surface area contributed by atoms with Crippen molar-refractivity contribution in [3.63, 3.8) is 0 Å². The summed E-state index contributed by atoms with van der Waals surface area (Å²) >= 11 is 0. The van der Waals surface area contributed by atoms with Gasteiger partial charge in [-0.2, -0.15) is 0 Å². The van der Waals surface area contributed by atoms with Crippen molar-refractivity contribution in [2.45, 2.75) is 38.7 Å². The molecule has 0 saturated heterocycles. The number of aryl methyl sites for hydroxylation is 1. The fourth-order valence-electron chi connectivity index (χ4n) is 4.19. The SMILES string of the molecule is COC(=O)C1=C(N)OC2=C(C(=O)CCC2)[C@H]1c1ccccc1OCc1cccc(C)c1. The number of rotatable bonds is 5. The fourth-order valence-corrected chi connectivity index (χ4v) is 4.19. The maximum atomic E-state index is 12.9. The summed E-state index contributed by atoms with van der Waals surface area (Å²) in [5.41, 5.74) is 9.59. The first-order valence-electron chi connectivity index (χ1n) is 10.3. The number of nitrogens with two attached hydrogens (primary N) is 1. The molecule has 2 aromatic carbocycles. The van der Waals surface area contributed by atoms with E-state index >= 15 is 0 Å². The first-order valence-corrected chi connectivity index (χ1v) is 10.3. The van der Waals surface area contributed by atoms with Gasteiger partial charge in [0.25, 0.3) is 0 Å². The number of benzene rings is 2. The van der Waals surface area contributed by atoms with Gasteiger partial charge in [-0.3, -0.25) is 4.79 Å². The lowest BCUT2D eigenvalue weighted by Gasteiger charge is -2.32. The molecule has 0 saturated carbocycles. The van der Waals surface area contributed by atoms with E-state index in [1.54, 1.807) is 0 Å². The Balaban J connectivity index is 1.78. The van der Waals surface area contributed by atoms with Crippen molar-refractivity contribution in [2.75, 3.05) is 7.11 Å². The van der Waals surface area contributed by atoms with Gasteiger partial charge in [0.1, 0.15) is 23.7 Å². The van der Waals surface area contributed by atoms with Crippen LogP contribution in [0.4, 0.5) is 0 Å². The molecule has 2 aromatic rings. The minimum atomic E-state index is -0.697. The summed E-state index contributed by atoms with van der Waals surface area (Å²) < 4.78 is 16.8. The Kier molecular flexibility index (Phi) is 5.80. The van der Waals surface area contributed by atoms with Gasteiger partial charge in [-0.05, 0) is 25.0 Å². The largest absolute Gasteiger partial charge is 0.489 e. The Morgan fingerprint density at radius 3 is 2.74 bits per heavy atom. The normalized spacial score (nSPS) is 18.4. The van der Waals surface area contributed by atoms with E-state index in [0.717, 1.165) is 11.1 Å². The third-order valence-corrected chi connectivity index (χ3v) is 5.60. The van der Waals surface area contributed by atoms with Crippen LogP contribution >= 0.6 is 0 Å². The Morgan fingerprint density at radius 1 is 1.16 bits per heavy atom. The Hall–Kier alpha value is -3.54. The summed E-state index contributed by atoms with van der Waals surface area (Å²) in [6, 6.07) is 15.4. The molecule has 1 heterocycles. The summed E-state index contributed by atoms with van der Waals surface area (Å²) in [6.45, 7) is 2.38. The number of esters is 1. The van der Waals surface area contributed by atoms with E-state index in [1.807, 2.05) is 49.4 Å². The highest BCUT2D eigenvalue weighted by Crippen LogP contribution is 2.46. The number of para-hydroxylation sites is 1. The highest BCUT2D eigenvalue weighted by molar-refractivity contribution is 6.03. The second kappa shape index (κ2) is 8.68. The van der Waals surface area contributed by atoms with Crippen molar-refractivity contribution in [3.05, 3.63) is 88.0 Å². The number of hydrogen-bond acceptors (Lipinski definition) is 6. The molecule has 1 atom stereocenters. The number of carbonyl (C=O) groups is 2. The van der Waals surface area contributed by atoms with Gasteiger partial charge in [0.15, 0.2) is 5.78 Å². The molecule has 2 aliphatic rings. The quantitative estimate of drug-likeness (QED) is 0.736. The summed E-state index contributed by atoms with van der Waals surface area (Å²) in [7, 11) is 1.28. The van der Waals surface area contributed by atoms with E-state index in [9.17, 15) is 9.59 Å². The summed E-state index contributed by atoms with van der Waals surface area (Å²) in [6.07, 6.45) is 1.69. The number of Topliss-reactive ketones (excluding diaryl/α,β-unsaturated/α-hetero) is 1. The molecular formula is C25H25NO5. The molecule has 160 valence electrons. The topological polar surface area (TPSA) is 87.9 Å². The molecule has 1 aliphatic carbocycles. The lowest BCUT2D eigenvalue weighted by Crippen LogP contribution is -2.31. The lowest BCUT2D eigenvalue weighted by atomic mass is 9.77. The third-order valence-electron chi connectivity index (χ3n) is 5.60. The summed E-state index contributed by atoms with van der Waals surface area (Å²) in [5, 5.41) is 0. The number of ether oxygens (including phenoxy) is 3. The van der Waals surface area contributed by atoms with E-state index in [4.69, 9.17) is 19.9 Å².